The van der Waals surface area contributed by atoms with Crippen molar-refractivity contribution >= 4 is 34.9 Å². The molecule has 3 amide bonds. The van der Waals surface area contributed by atoms with Crippen LogP contribution in [0.25, 0.3) is 6.08 Å². The molecule has 0 bridgehead atoms. The lowest BCUT2D eigenvalue weighted by atomic mass is 10.2. The van der Waals surface area contributed by atoms with Gasteiger partial charge in [0.2, 0.25) is 0 Å². The molecule has 2 aromatic rings. The van der Waals surface area contributed by atoms with Crippen LogP contribution in [-0.2, 0) is 4.79 Å². The van der Waals surface area contributed by atoms with E-state index in [0.717, 1.165) is 40.8 Å². The molecule has 0 atom stereocenters. The first-order chi connectivity index (χ1) is 15.5. The largest absolute Gasteiger partial charge is 0.497 e. The quantitative estimate of drug-likeness (QED) is 0.425. The molecule has 7 nitrogen and oxygen atoms in total. The molecule has 168 valence electrons. The van der Waals surface area contributed by atoms with Crippen molar-refractivity contribution in [2.75, 3.05) is 26.8 Å². The van der Waals surface area contributed by atoms with Crippen molar-refractivity contribution in [2.24, 2.45) is 0 Å². The monoisotopic (exact) mass is 454 g/mol. The van der Waals surface area contributed by atoms with Gasteiger partial charge in [-0.15, -0.1) is 0 Å². The molecule has 3 rings (SSSR count). The number of ether oxygens (including phenoxy) is 2. The van der Waals surface area contributed by atoms with Gasteiger partial charge in [-0.1, -0.05) is 25.5 Å². The van der Waals surface area contributed by atoms with Gasteiger partial charge in [-0.25, -0.2) is 0 Å². The highest BCUT2D eigenvalue weighted by Crippen LogP contribution is 2.32. The normalized spacial score (nSPS) is 14.7. The Balaban J connectivity index is 1.50. The van der Waals surface area contributed by atoms with E-state index in [9.17, 15) is 14.4 Å². The van der Waals surface area contributed by atoms with Gasteiger partial charge < -0.3 is 14.8 Å². The molecule has 2 aromatic carbocycles. The number of hydrogen-bond donors (Lipinski definition) is 1. The Morgan fingerprint density at radius 1 is 1.06 bits per heavy atom. The number of thioether (sulfide) groups is 1. The number of nitrogens with zero attached hydrogens (tertiary/aromatic N) is 1. The highest BCUT2D eigenvalue weighted by Gasteiger charge is 2.34. The summed E-state index contributed by atoms with van der Waals surface area (Å²) in [6.07, 6.45) is 3.71. The van der Waals surface area contributed by atoms with Crippen LogP contribution in [-0.4, -0.2) is 48.8 Å². The van der Waals surface area contributed by atoms with E-state index in [1.54, 1.807) is 49.6 Å². The fraction of sp³-hybridized carbons (Fsp3) is 0.292. The van der Waals surface area contributed by atoms with Crippen LogP contribution < -0.4 is 14.8 Å². The molecule has 0 spiro atoms. The third-order valence-corrected chi connectivity index (χ3v) is 5.70. The number of imide groups is 1. The first-order valence-corrected chi connectivity index (χ1v) is 11.2. The molecule has 1 aliphatic heterocycles. The molecule has 8 heteroatoms. The van der Waals surface area contributed by atoms with Gasteiger partial charge in [0, 0.05) is 18.7 Å². The minimum absolute atomic E-state index is 0.106. The van der Waals surface area contributed by atoms with Gasteiger partial charge in [-0.05, 0) is 66.2 Å². The van der Waals surface area contributed by atoms with Gasteiger partial charge >= 0.3 is 0 Å². The van der Waals surface area contributed by atoms with E-state index in [1.807, 2.05) is 12.1 Å². The zero-order valence-electron chi connectivity index (χ0n) is 18.1. The number of hydrogen-bond acceptors (Lipinski definition) is 6. The summed E-state index contributed by atoms with van der Waals surface area (Å²) in [5, 5.41) is 2.40. The number of unbranched alkanes of at least 4 members (excludes halogenated alkanes) is 1. The van der Waals surface area contributed by atoms with Crippen molar-refractivity contribution in [1.29, 1.82) is 0 Å². The second-order valence-electron chi connectivity index (χ2n) is 7.09. The summed E-state index contributed by atoms with van der Waals surface area (Å²) in [6, 6.07) is 14.1. The molecular weight excluding hydrogens is 428 g/mol. The van der Waals surface area contributed by atoms with Gasteiger partial charge in [0.05, 0.1) is 18.6 Å². The SMILES string of the molecule is CCCCOc1ccc(C(=O)NCCN2C(=O)SC(=Cc3ccc(OC)cc3)C2=O)cc1. The Hall–Kier alpha value is -3.26. The molecule has 1 saturated heterocycles. The third-order valence-electron chi connectivity index (χ3n) is 4.79. The lowest BCUT2D eigenvalue weighted by Gasteiger charge is -2.13. The Bertz CT molecular complexity index is 986. The zero-order chi connectivity index (χ0) is 22.9. The van der Waals surface area contributed by atoms with Gasteiger partial charge in [0.25, 0.3) is 17.1 Å². The summed E-state index contributed by atoms with van der Waals surface area (Å²) < 4.78 is 10.7. The van der Waals surface area contributed by atoms with Crippen LogP contribution >= 0.6 is 11.8 Å². The fourth-order valence-electron chi connectivity index (χ4n) is 2.96. The summed E-state index contributed by atoms with van der Waals surface area (Å²) >= 11 is 0.892. The lowest BCUT2D eigenvalue weighted by molar-refractivity contribution is -0.122. The van der Waals surface area contributed by atoms with Crippen LogP contribution in [0.3, 0.4) is 0 Å². The molecule has 1 N–H and O–H groups in total. The van der Waals surface area contributed by atoms with E-state index in [1.165, 1.54) is 0 Å². The molecule has 32 heavy (non-hydrogen) atoms. The molecule has 1 heterocycles. The van der Waals surface area contributed by atoms with Crippen LogP contribution in [0, 0.1) is 0 Å². The smallest absolute Gasteiger partial charge is 0.293 e. The number of amides is 3. The number of methoxy groups -OCH3 is 1. The molecule has 0 radical (unpaired) electrons. The van der Waals surface area contributed by atoms with Crippen molar-refractivity contribution in [3.05, 3.63) is 64.6 Å². The number of carbonyl (C=O) groups is 3. The summed E-state index contributed by atoms with van der Waals surface area (Å²) in [5.41, 5.74) is 1.29. The van der Waals surface area contributed by atoms with Gasteiger partial charge in [-0.3, -0.25) is 19.3 Å². The molecule has 0 saturated carbocycles. The van der Waals surface area contributed by atoms with E-state index >= 15 is 0 Å². The first kappa shape index (κ1) is 23.4. The Kier molecular flexibility index (Phi) is 8.33. The maximum absolute atomic E-state index is 12.6. The summed E-state index contributed by atoms with van der Waals surface area (Å²) in [6.45, 7) is 3.01. The average molecular weight is 455 g/mol. The maximum Gasteiger partial charge on any atom is 0.293 e. The standard InChI is InChI=1S/C24H26N2O5S/c1-3-4-15-31-20-11-7-18(8-12-20)22(27)25-13-14-26-23(28)21(32-24(26)29)16-17-5-9-19(30-2)10-6-17/h5-12,16H,3-4,13-15H2,1-2H3,(H,25,27). The average Bonchev–Trinajstić information content (AvgIpc) is 3.07. The third kappa shape index (κ3) is 6.13. The van der Waals surface area contributed by atoms with Gasteiger partial charge in [0.15, 0.2) is 0 Å². The number of carbonyl (C=O) groups excluding carboxylic acids is 3. The molecule has 0 aromatic heterocycles. The number of rotatable bonds is 10. The lowest BCUT2D eigenvalue weighted by Crippen LogP contribution is -2.37. The van der Waals surface area contributed by atoms with E-state index < -0.39 is 0 Å². The highest BCUT2D eigenvalue weighted by molar-refractivity contribution is 8.18. The van der Waals surface area contributed by atoms with E-state index in [0.29, 0.717) is 22.8 Å². The molecule has 1 fully saturated rings. The van der Waals surface area contributed by atoms with E-state index in [4.69, 9.17) is 9.47 Å². The fourth-order valence-corrected chi connectivity index (χ4v) is 3.83. The molecular formula is C24H26N2O5S. The Labute approximate surface area is 191 Å². The van der Waals surface area contributed by atoms with E-state index in [2.05, 4.69) is 12.2 Å². The van der Waals surface area contributed by atoms with Crippen LogP contribution in [0.5, 0.6) is 11.5 Å². The topological polar surface area (TPSA) is 84.9 Å². The summed E-state index contributed by atoms with van der Waals surface area (Å²) in [5.74, 6) is 0.797. The molecule has 0 unspecified atom stereocenters. The van der Waals surface area contributed by atoms with Crippen molar-refractivity contribution in [2.45, 2.75) is 19.8 Å². The van der Waals surface area contributed by atoms with Crippen molar-refractivity contribution < 1.29 is 23.9 Å². The highest BCUT2D eigenvalue weighted by atomic mass is 32.2. The minimum Gasteiger partial charge on any atom is -0.497 e. The summed E-state index contributed by atoms with van der Waals surface area (Å²) in [7, 11) is 1.58. The summed E-state index contributed by atoms with van der Waals surface area (Å²) in [4.78, 5) is 38.7. The maximum atomic E-state index is 12.6. The van der Waals surface area contributed by atoms with Gasteiger partial charge in [0.1, 0.15) is 11.5 Å². The number of nitrogens with one attached hydrogen (secondary N) is 1. The second kappa shape index (κ2) is 11.4. The van der Waals surface area contributed by atoms with Gasteiger partial charge in [-0.2, -0.15) is 0 Å². The van der Waals surface area contributed by atoms with Crippen LogP contribution in [0.1, 0.15) is 35.7 Å². The zero-order valence-corrected chi connectivity index (χ0v) is 18.9. The Morgan fingerprint density at radius 2 is 1.75 bits per heavy atom. The van der Waals surface area contributed by atoms with Crippen molar-refractivity contribution in [3.8, 4) is 11.5 Å². The molecule has 0 aliphatic carbocycles. The first-order valence-electron chi connectivity index (χ1n) is 10.4. The molecule has 1 aliphatic rings. The van der Waals surface area contributed by atoms with Crippen molar-refractivity contribution in [1.82, 2.24) is 10.2 Å². The van der Waals surface area contributed by atoms with Crippen LogP contribution in [0.2, 0.25) is 0 Å². The minimum atomic E-state index is -0.362. The predicted octanol–water partition coefficient (Wildman–Crippen LogP) is 4.34. The second-order valence-corrected chi connectivity index (χ2v) is 8.08. The van der Waals surface area contributed by atoms with Crippen molar-refractivity contribution in [3.63, 3.8) is 0 Å². The Morgan fingerprint density at radius 3 is 2.41 bits per heavy atom. The van der Waals surface area contributed by atoms with Crippen LogP contribution in [0.15, 0.2) is 53.4 Å². The van der Waals surface area contributed by atoms with Crippen LogP contribution in [0.4, 0.5) is 4.79 Å². The van der Waals surface area contributed by atoms with E-state index in [-0.39, 0.29) is 30.1 Å². The predicted molar refractivity (Wildman–Crippen MR) is 125 cm³/mol. The number of benzene rings is 2.